The van der Waals surface area contributed by atoms with Gasteiger partial charge in [-0.3, -0.25) is 4.79 Å². The fraction of sp³-hybridized carbons (Fsp3) is 0.529. The van der Waals surface area contributed by atoms with E-state index in [4.69, 9.17) is 0 Å². The standard InChI is InChI=1S/C17H25N3O3S/c1-5-6-9-20-13(4)19-24(22,23)16-10-14(7-8-15(16)20)17(21)18-11-12(2)3/h7-8,10,12H,5-6,9,11H2,1-4H3,(H,18,21). The van der Waals surface area contributed by atoms with E-state index in [2.05, 4.69) is 16.6 Å². The van der Waals surface area contributed by atoms with E-state index in [0.717, 1.165) is 12.8 Å². The number of sulfonamides is 1. The van der Waals surface area contributed by atoms with Crippen molar-refractivity contribution in [3.05, 3.63) is 23.8 Å². The van der Waals surface area contributed by atoms with Crippen LogP contribution in [0.1, 0.15) is 50.9 Å². The molecule has 1 heterocycles. The lowest BCUT2D eigenvalue weighted by Gasteiger charge is -2.29. The lowest BCUT2D eigenvalue weighted by Crippen LogP contribution is -2.35. The van der Waals surface area contributed by atoms with E-state index in [1.165, 1.54) is 6.07 Å². The fourth-order valence-electron chi connectivity index (χ4n) is 2.53. The van der Waals surface area contributed by atoms with Gasteiger partial charge in [0.25, 0.3) is 15.9 Å². The first kappa shape index (κ1) is 18.4. The molecule has 2 rings (SSSR count). The summed E-state index contributed by atoms with van der Waals surface area (Å²) in [7, 11) is -3.77. The summed E-state index contributed by atoms with van der Waals surface area (Å²) < 4.78 is 28.6. The third-order valence-electron chi connectivity index (χ3n) is 3.84. The van der Waals surface area contributed by atoms with E-state index < -0.39 is 10.0 Å². The average Bonchev–Trinajstić information content (AvgIpc) is 2.51. The molecule has 132 valence electrons. The Balaban J connectivity index is 2.38. The molecule has 0 atom stereocenters. The van der Waals surface area contributed by atoms with Crippen molar-refractivity contribution in [1.29, 1.82) is 0 Å². The second-order valence-corrected chi connectivity index (χ2v) is 7.98. The molecule has 0 bridgehead atoms. The van der Waals surface area contributed by atoms with Crippen molar-refractivity contribution in [2.75, 3.05) is 18.0 Å². The first-order chi connectivity index (χ1) is 11.3. The Bertz CT molecular complexity index is 754. The minimum absolute atomic E-state index is 0.0985. The second kappa shape index (κ2) is 7.34. The summed E-state index contributed by atoms with van der Waals surface area (Å²) >= 11 is 0. The third-order valence-corrected chi connectivity index (χ3v) is 5.23. The van der Waals surface area contributed by atoms with E-state index in [0.29, 0.717) is 36.1 Å². The molecule has 1 N–H and O–H groups in total. The average molecular weight is 351 g/mol. The minimum atomic E-state index is -3.77. The molecule has 0 saturated carbocycles. The number of benzene rings is 1. The lowest BCUT2D eigenvalue weighted by molar-refractivity contribution is 0.0949. The number of carbonyl (C=O) groups is 1. The smallest absolute Gasteiger partial charge is 0.286 e. The van der Waals surface area contributed by atoms with Crippen LogP contribution in [0.15, 0.2) is 27.5 Å². The van der Waals surface area contributed by atoms with Crippen molar-refractivity contribution in [2.24, 2.45) is 10.3 Å². The van der Waals surface area contributed by atoms with Crippen LogP contribution < -0.4 is 10.2 Å². The number of nitrogens with one attached hydrogen (secondary N) is 1. The monoisotopic (exact) mass is 351 g/mol. The van der Waals surface area contributed by atoms with Crippen molar-refractivity contribution >= 4 is 27.5 Å². The van der Waals surface area contributed by atoms with Gasteiger partial charge in [-0.05, 0) is 37.5 Å². The Labute approximate surface area is 144 Å². The Morgan fingerprint density at radius 1 is 1.33 bits per heavy atom. The van der Waals surface area contributed by atoms with Gasteiger partial charge in [0.15, 0.2) is 0 Å². The van der Waals surface area contributed by atoms with Gasteiger partial charge in [-0.25, -0.2) is 0 Å². The number of amides is 1. The highest BCUT2D eigenvalue weighted by atomic mass is 32.2. The molecule has 0 radical (unpaired) electrons. The van der Waals surface area contributed by atoms with Crippen LogP contribution in [0.5, 0.6) is 0 Å². The minimum Gasteiger partial charge on any atom is -0.352 e. The molecule has 0 spiro atoms. The molecule has 0 saturated heterocycles. The molecular formula is C17H25N3O3S. The SMILES string of the molecule is CCCCN1C(C)=NS(=O)(=O)c2cc(C(=O)NCC(C)C)ccc21. The van der Waals surface area contributed by atoms with Crippen LogP contribution in [0.2, 0.25) is 0 Å². The zero-order valence-corrected chi connectivity index (χ0v) is 15.5. The molecular weight excluding hydrogens is 326 g/mol. The second-order valence-electron chi connectivity index (χ2n) is 6.41. The maximum atomic E-state index is 12.4. The number of fused-ring (bicyclic) bond motifs is 1. The molecule has 7 heteroatoms. The number of hydrogen-bond acceptors (Lipinski definition) is 4. The highest BCUT2D eigenvalue weighted by Gasteiger charge is 2.29. The molecule has 24 heavy (non-hydrogen) atoms. The number of carbonyl (C=O) groups excluding carboxylic acids is 1. The van der Waals surface area contributed by atoms with E-state index in [1.54, 1.807) is 19.1 Å². The van der Waals surface area contributed by atoms with E-state index in [1.807, 2.05) is 18.7 Å². The van der Waals surface area contributed by atoms with Crippen LogP contribution in [0, 0.1) is 5.92 Å². The molecule has 1 aliphatic heterocycles. The predicted octanol–water partition coefficient (Wildman–Crippen LogP) is 2.80. The Hall–Kier alpha value is -1.89. The summed E-state index contributed by atoms with van der Waals surface area (Å²) in [4.78, 5) is 14.2. The normalized spacial score (nSPS) is 15.9. The van der Waals surface area contributed by atoms with Gasteiger partial charge in [0.2, 0.25) is 0 Å². The number of nitrogens with zero attached hydrogens (tertiary/aromatic N) is 2. The molecule has 0 unspecified atom stereocenters. The Kier molecular flexibility index (Phi) is 5.64. The van der Waals surface area contributed by atoms with E-state index in [-0.39, 0.29) is 10.8 Å². The summed E-state index contributed by atoms with van der Waals surface area (Å²) in [5, 5.41) is 2.80. The van der Waals surface area contributed by atoms with E-state index >= 15 is 0 Å². The van der Waals surface area contributed by atoms with Gasteiger partial charge >= 0.3 is 0 Å². The van der Waals surface area contributed by atoms with Crippen LogP contribution in [0.3, 0.4) is 0 Å². The zero-order chi connectivity index (χ0) is 17.9. The summed E-state index contributed by atoms with van der Waals surface area (Å²) in [5.74, 6) is 0.521. The van der Waals surface area contributed by atoms with Crippen LogP contribution >= 0.6 is 0 Å². The van der Waals surface area contributed by atoms with Gasteiger partial charge < -0.3 is 10.2 Å². The van der Waals surface area contributed by atoms with Crippen LogP contribution in [0.4, 0.5) is 5.69 Å². The van der Waals surface area contributed by atoms with Crippen molar-refractivity contribution in [3.8, 4) is 0 Å². The quantitative estimate of drug-likeness (QED) is 0.855. The summed E-state index contributed by atoms with van der Waals surface area (Å²) in [6, 6.07) is 4.79. The van der Waals surface area contributed by atoms with Gasteiger partial charge in [-0.15, -0.1) is 4.40 Å². The number of anilines is 1. The summed E-state index contributed by atoms with van der Waals surface area (Å²) in [6.45, 7) is 9.02. The summed E-state index contributed by atoms with van der Waals surface area (Å²) in [6.07, 6.45) is 1.94. The molecule has 0 aromatic heterocycles. The van der Waals surface area contributed by atoms with Crippen LogP contribution in [-0.4, -0.2) is 33.3 Å². The first-order valence-electron chi connectivity index (χ1n) is 8.27. The van der Waals surface area contributed by atoms with Crippen molar-refractivity contribution in [2.45, 2.75) is 45.4 Å². The number of unbranched alkanes of at least 4 members (excludes halogenated alkanes) is 1. The van der Waals surface area contributed by atoms with Gasteiger partial charge in [0.1, 0.15) is 10.7 Å². The molecule has 0 fully saturated rings. The van der Waals surface area contributed by atoms with Crippen LogP contribution in [-0.2, 0) is 10.0 Å². The first-order valence-corrected chi connectivity index (χ1v) is 9.71. The highest BCUT2D eigenvalue weighted by Crippen LogP contribution is 2.32. The maximum absolute atomic E-state index is 12.4. The highest BCUT2D eigenvalue weighted by molar-refractivity contribution is 7.90. The Morgan fingerprint density at radius 3 is 2.67 bits per heavy atom. The van der Waals surface area contributed by atoms with Gasteiger partial charge in [0, 0.05) is 18.7 Å². The molecule has 6 nitrogen and oxygen atoms in total. The maximum Gasteiger partial charge on any atom is 0.286 e. The van der Waals surface area contributed by atoms with Gasteiger partial charge in [0.05, 0.1) is 5.69 Å². The molecule has 1 amide bonds. The molecule has 1 aliphatic rings. The number of hydrogen-bond donors (Lipinski definition) is 1. The molecule has 1 aromatic carbocycles. The molecule has 1 aromatic rings. The van der Waals surface area contributed by atoms with Gasteiger partial charge in [-0.1, -0.05) is 27.2 Å². The number of amidine groups is 1. The van der Waals surface area contributed by atoms with Crippen molar-refractivity contribution in [3.63, 3.8) is 0 Å². The molecule has 0 aliphatic carbocycles. The zero-order valence-electron chi connectivity index (χ0n) is 14.7. The topological polar surface area (TPSA) is 78.8 Å². The van der Waals surface area contributed by atoms with Gasteiger partial charge in [-0.2, -0.15) is 8.42 Å². The third kappa shape index (κ3) is 3.95. The summed E-state index contributed by atoms with van der Waals surface area (Å²) in [5.41, 5.74) is 0.930. The lowest BCUT2D eigenvalue weighted by atomic mass is 10.1. The predicted molar refractivity (Wildman–Crippen MR) is 96.2 cm³/mol. The van der Waals surface area contributed by atoms with Crippen molar-refractivity contribution in [1.82, 2.24) is 5.32 Å². The fourth-order valence-corrected chi connectivity index (χ4v) is 3.79. The van der Waals surface area contributed by atoms with Crippen molar-refractivity contribution < 1.29 is 13.2 Å². The number of rotatable bonds is 6. The Morgan fingerprint density at radius 2 is 2.04 bits per heavy atom. The van der Waals surface area contributed by atoms with Crippen LogP contribution in [0.25, 0.3) is 0 Å². The largest absolute Gasteiger partial charge is 0.352 e. The van der Waals surface area contributed by atoms with E-state index in [9.17, 15) is 13.2 Å².